The molecule has 0 aliphatic carbocycles. The largest absolute Gasteiger partial charge is 0.494 e. The number of methoxy groups -OCH3 is 3. The van der Waals surface area contributed by atoms with Gasteiger partial charge in [-0.1, -0.05) is 0 Å². The zero-order valence-corrected chi connectivity index (χ0v) is 22.0. The molecule has 1 unspecified atom stereocenters. The number of fused-ring (bicyclic) bond motifs is 1. The third-order valence-electron chi connectivity index (χ3n) is 6.81. The summed E-state index contributed by atoms with van der Waals surface area (Å²) in [5.41, 5.74) is 2.25. The second-order valence-corrected chi connectivity index (χ2v) is 8.93. The van der Waals surface area contributed by atoms with E-state index in [1.54, 1.807) is 38.5 Å². The maximum absolute atomic E-state index is 13.4. The first-order valence-corrected chi connectivity index (χ1v) is 12.1. The summed E-state index contributed by atoms with van der Waals surface area (Å²) in [6.45, 7) is 4.15. The third-order valence-corrected chi connectivity index (χ3v) is 6.81. The van der Waals surface area contributed by atoms with Crippen molar-refractivity contribution in [1.82, 2.24) is 9.80 Å². The third kappa shape index (κ3) is 6.23. The molecule has 1 saturated heterocycles. The number of piperidine rings is 1. The van der Waals surface area contributed by atoms with Crippen LogP contribution in [0.5, 0.6) is 17.2 Å². The molecule has 0 bridgehead atoms. The molecule has 0 spiro atoms. The van der Waals surface area contributed by atoms with Crippen molar-refractivity contribution in [2.24, 2.45) is 0 Å². The molecule has 1 fully saturated rings. The Labute approximate surface area is 218 Å². The normalized spacial score (nSPS) is 17.6. The number of ether oxygens (including phenoxy) is 4. The van der Waals surface area contributed by atoms with Gasteiger partial charge in [-0.25, -0.2) is 4.79 Å². The van der Waals surface area contributed by atoms with Crippen LogP contribution in [0.15, 0.2) is 36.4 Å². The molecule has 1 amide bonds. The highest BCUT2D eigenvalue weighted by molar-refractivity contribution is 5.97. The van der Waals surface area contributed by atoms with Gasteiger partial charge in [0.1, 0.15) is 5.75 Å². The second-order valence-electron chi connectivity index (χ2n) is 8.93. The maximum atomic E-state index is 13.4. The average Bonchev–Trinajstić information content (AvgIpc) is 2.90. The van der Waals surface area contributed by atoms with E-state index in [1.807, 2.05) is 17.0 Å². The van der Waals surface area contributed by atoms with Gasteiger partial charge >= 0.3 is 5.97 Å². The van der Waals surface area contributed by atoms with Crippen molar-refractivity contribution in [3.05, 3.63) is 53.1 Å². The Morgan fingerprint density at radius 2 is 1.75 bits per heavy atom. The van der Waals surface area contributed by atoms with Gasteiger partial charge in [-0.3, -0.25) is 4.79 Å². The van der Waals surface area contributed by atoms with Crippen LogP contribution in [0, 0.1) is 0 Å². The summed E-state index contributed by atoms with van der Waals surface area (Å²) < 4.78 is 21.4. The number of esters is 1. The molecule has 4 rings (SSSR count). The van der Waals surface area contributed by atoms with Crippen LogP contribution in [0.3, 0.4) is 0 Å². The fraction of sp³-hybridized carbons (Fsp3) is 0.481. The molecule has 8 nitrogen and oxygen atoms in total. The molecule has 2 aliphatic rings. The predicted molar refractivity (Wildman–Crippen MR) is 139 cm³/mol. The number of amides is 1. The molecule has 2 aromatic carbocycles. The van der Waals surface area contributed by atoms with Crippen LogP contribution in [0.4, 0.5) is 0 Å². The highest BCUT2D eigenvalue weighted by atomic mass is 35.5. The van der Waals surface area contributed by atoms with Crippen molar-refractivity contribution in [2.45, 2.75) is 31.7 Å². The number of benzene rings is 2. The Kier molecular flexibility index (Phi) is 9.84. The zero-order valence-electron chi connectivity index (χ0n) is 21.2. The standard InChI is InChI=1S/C27H34N2O6.ClH/c1-32-24-16-20-11-14-29(26(30)23(20)17-25(24)33-2)21-6-4-12-28(18-21)13-5-15-35-22-9-7-19(8-10-22)27(31)34-3;/h7-10,16-17,21H,4-6,11-15,18H2,1-3H3;1H. The monoisotopic (exact) mass is 518 g/mol. The lowest BCUT2D eigenvalue weighted by molar-refractivity contribution is 0.0517. The first-order valence-electron chi connectivity index (χ1n) is 12.1. The van der Waals surface area contributed by atoms with Crippen LogP contribution in [0.2, 0.25) is 0 Å². The van der Waals surface area contributed by atoms with Crippen molar-refractivity contribution >= 4 is 24.3 Å². The van der Waals surface area contributed by atoms with E-state index in [0.29, 0.717) is 23.7 Å². The van der Waals surface area contributed by atoms with E-state index in [4.69, 9.17) is 18.9 Å². The molecule has 9 heteroatoms. The smallest absolute Gasteiger partial charge is 0.337 e. The topological polar surface area (TPSA) is 77.5 Å². The van der Waals surface area contributed by atoms with Crippen molar-refractivity contribution in [2.75, 3.05) is 54.1 Å². The van der Waals surface area contributed by atoms with E-state index in [-0.39, 0.29) is 30.3 Å². The van der Waals surface area contributed by atoms with Crippen molar-refractivity contribution in [1.29, 1.82) is 0 Å². The molecule has 2 aromatic rings. The fourth-order valence-corrected chi connectivity index (χ4v) is 4.94. The van der Waals surface area contributed by atoms with Gasteiger partial charge in [0.25, 0.3) is 5.91 Å². The van der Waals surface area contributed by atoms with E-state index >= 15 is 0 Å². The summed E-state index contributed by atoms with van der Waals surface area (Å²) in [4.78, 5) is 29.4. The van der Waals surface area contributed by atoms with E-state index in [9.17, 15) is 9.59 Å². The Morgan fingerprint density at radius 1 is 1.03 bits per heavy atom. The van der Waals surface area contributed by atoms with Crippen molar-refractivity contribution in [3.63, 3.8) is 0 Å². The Morgan fingerprint density at radius 3 is 2.44 bits per heavy atom. The number of rotatable bonds is 9. The molecule has 1 atom stereocenters. The minimum atomic E-state index is -0.356. The van der Waals surface area contributed by atoms with Gasteiger partial charge < -0.3 is 28.7 Å². The summed E-state index contributed by atoms with van der Waals surface area (Å²) in [6, 6.07) is 10.9. The zero-order chi connectivity index (χ0) is 24.8. The highest BCUT2D eigenvalue weighted by Gasteiger charge is 2.33. The van der Waals surface area contributed by atoms with Gasteiger partial charge in [-0.05, 0) is 74.2 Å². The first-order chi connectivity index (χ1) is 17.0. The molecule has 36 heavy (non-hydrogen) atoms. The van der Waals surface area contributed by atoms with E-state index < -0.39 is 0 Å². The molecule has 0 N–H and O–H groups in total. The van der Waals surface area contributed by atoms with Gasteiger partial charge in [-0.15, -0.1) is 12.4 Å². The molecule has 2 heterocycles. The van der Waals surface area contributed by atoms with Crippen molar-refractivity contribution < 1.29 is 28.5 Å². The minimum Gasteiger partial charge on any atom is -0.494 e. The molecule has 196 valence electrons. The number of carbonyl (C=O) groups excluding carboxylic acids is 2. The summed E-state index contributed by atoms with van der Waals surface area (Å²) in [6.07, 6.45) is 3.80. The van der Waals surface area contributed by atoms with Crippen LogP contribution in [-0.4, -0.2) is 81.8 Å². The summed E-state index contributed by atoms with van der Waals surface area (Å²) >= 11 is 0. The fourth-order valence-electron chi connectivity index (χ4n) is 4.94. The Hall–Kier alpha value is -2.97. The van der Waals surface area contributed by atoms with Crippen LogP contribution in [-0.2, 0) is 11.2 Å². The molecular weight excluding hydrogens is 484 g/mol. The Bertz CT molecular complexity index is 1050. The second kappa shape index (κ2) is 12.8. The average molecular weight is 519 g/mol. The first kappa shape index (κ1) is 27.6. The van der Waals surface area contributed by atoms with E-state index in [0.717, 1.165) is 68.7 Å². The quantitative estimate of drug-likeness (QED) is 0.368. The molecule has 2 aliphatic heterocycles. The number of carbonyl (C=O) groups is 2. The number of nitrogens with zero attached hydrogens (tertiary/aromatic N) is 2. The summed E-state index contributed by atoms with van der Waals surface area (Å²) in [5, 5.41) is 0. The van der Waals surface area contributed by atoms with Crippen LogP contribution in [0.25, 0.3) is 0 Å². The maximum Gasteiger partial charge on any atom is 0.337 e. The molecule has 0 saturated carbocycles. The van der Waals surface area contributed by atoms with Gasteiger partial charge in [0, 0.05) is 31.2 Å². The number of hydrogen-bond acceptors (Lipinski definition) is 7. The van der Waals surface area contributed by atoms with E-state index in [2.05, 4.69) is 4.90 Å². The number of halogens is 1. The lowest BCUT2D eigenvalue weighted by atomic mass is 9.94. The molecule has 0 aromatic heterocycles. The number of likely N-dealkylation sites (tertiary alicyclic amines) is 1. The number of hydrogen-bond donors (Lipinski definition) is 0. The van der Waals surface area contributed by atoms with Gasteiger partial charge in [0.2, 0.25) is 0 Å². The molecule has 0 radical (unpaired) electrons. The van der Waals surface area contributed by atoms with Crippen LogP contribution >= 0.6 is 12.4 Å². The van der Waals surface area contributed by atoms with Crippen molar-refractivity contribution in [3.8, 4) is 17.2 Å². The van der Waals surface area contributed by atoms with Gasteiger partial charge in [0.15, 0.2) is 11.5 Å². The minimum absolute atomic E-state index is 0. The van der Waals surface area contributed by atoms with Gasteiger partial charge in [0.05, 0.1) is 33.5 Å². The Balaban J connectivity index is 0.00000361. The lowest BCUT2D eigenvalue weighted by Gasteiger charge is -2.41. The van der Waals surface area contributed by atoms with Gasteiger partial charge in [-0.2, -0.15) is 0 Å². The van der Waals surface area contributed by atoms with E-state index in [1.165, 1.54) is 7.11 Å². The molecular formula is C27H35ClN2O6. The summed E-state index contributed by atoms with van der Waals surface area (Å²) in [5.74, 6) is 1.71. The lowest BCUT2D eigenvalue weighted by Crippen LogP contribution is -2.52. The predicted octanol–water partition coefficient (Wildman–Crippen LogP) is 3.84. The van der Waals surface area contributed by atoms with Crippen LogP contribution < -0.4 is 14.2 Å². The summed E-state index contributed by atoms with van der Waals surface area (Å²) in [7, 11) is 4.57. The highest BCUT2D eigenvalue weighted by Crippen LogP contribution is 2.34. The SMILES string of the molecule is COC(=O)c1ccc(OCCCN2CCCC(N3CCc4cc(OC)c(OC)cc4C3=O)C2)cc1.Cl. The van der Waals surface area contributed by atoms with Crippen LogP contribution in [0.1, 0.15) is 45.5 Å².